The smallest absolute Gasteiger partial charge is 0.338 e. The van der Waals surface area contributed by atoms with E-state index in [1.165, 1.54) is 6.92 Å². The van der Waals surface area contributed by atoms with Crippen LogP contribution in [0.25, 0.3) is 0 Å². The van der Waals surface area contributed by atoms with Crippen molar-refractivity contribution in [1.29, 1.82) is 0 Å². The van der Waals surface area contributed by atoms with Crippen LogP contribution in [-0.2, 0) is 4.79 Å². The fraction of sp³-hybridized carbons (Fsp3) is 0.333. The van der Waals surface area contributed by atoms with Gasteiger partial charge in [0.15, 0.2) is 0 Å². The Balaban J connectivity index is 2.62. The summed E-state index contributed by atoms with van der Waals surface area (Å²) in [7, 11) is 0. The number of hydrogen-bond donors (Lipinski definition) is 3. The monoisotopic (exact) mass is 245 g/mol. The van der Waals surface area contributed by atoms with E-state index >= 15 is 0 Å². The fourth-order valence-corrected chi connectivity index (χ4v) is 1.04. The number of carbonyl (C=O) groups excluding carboxylic acids is 1. The van der Waals surface area contributed by atoms with Crippen molar-refractivity contribution in [3.05, 3.63) is 12.1 Å². The third kappa shape index (κ3) is 2.94. The van der Waals surface area contributed by atoms with E-state index in [0.717, 1.165) is 12.1 Å². The molecule has 1 aromatic rings. The maximum atomic E-state index is 11.3. The largest absolute Gasteiger partial charge is 0.492 e. The summed E-state index contributed by atoms with van der Waals surface area (Å²) in [5, 5.41) is 27.4. The molecule has 1 heterocycles. The number of hydrogen-bond acceptors (Lipinski definition) is 6. The lowest BCUT2D eigenvalue weighted by atomic mass is 10.2. The normalized spacial score (nSPS) is 12.1. The van der Waals surface area contributed by atoms with Crippen LogP contribution in [0, 0.1) is 0 Å². The third-order valence-electron chi connectivity index (χ3n) is 1.78. The van der Waals surface area contributed by atoms with Crippen LogP contribution in [0.3, 0.4) is 0 Å². The number of carbonyl (C=O) groups is 1. The van der Waals surface area contributed by atoms with Gasteiger partial charge >= 0.3 is 5.97 Å². The van der Waals surface area contributed by atoms with Crippen LogP contribution >= 0.6 is 12.2 Å². The molecule has 0 aromatic carbocycles. The van der Waals surface area contributed by atoms with E-state index in [4.69, 9.17) is 27.5 Å². The second-order valence-electron chi connectivity index (χ2n) is 3.13. The molecule has 1 aromatic heterocycles. The maximum absolute atomic E-state index is 11.3. The van der Waals surface area contributed by atoms with E-state index in [-0.39, 0.29) is 11.3 Å². The van der Waals surface area contributed by atoms with Gasteiger partial charge in [-0.15, -0.1) is 4.73 Å². The third-order valence-corrected chi connectivity index (χ3v) is 2.26. The first-order valence-corrected chi connectivity index (χ1v) is 4.84. The molecule has 0 amide bonds. The molecule has 1 atom stereocenters. The summed E-state index contributed by atoms with van der Waals surface area (Å²) >= 11 is 4.73. The molecule has 0 saturated heterocycles. The Labute approximate surface area is 96.6 Å². The van der Waals surface area contributed by atoms with Crippen LogP contribution in [0.1, 0.15) is 13.3 Å². The maximum Gasteiger partial charge on any atom is 0.338 e. The van der Waals surface area contributed by atoms with Crippen LogP contribution in [0.15, 0.2) is 12.1 Å². The van der Waals surface area contributed by atoms with Gasteiger partial charge < -0.3 is 20.2 Å². The Morgan fingerprint density at radius 1 is 1.50 bits per heavy atom. The fourth-order valence-electron chi connectivity index (χ4n) is 0.919. The molecule has 7 heteroatoms. The second-order valence-corrected chi connectivity index (χ2v) is 3.65. The first kappa shape index (κ1) is 12.5. The minimum Gasteiger partial charge on any atom is -0.492 e. The summed E-state index contributed by atoms with van der Waals surface area (Å²) in [5.41, 5.74) is 0. The predicted octanol–water partition coefficient (Wildman–Crippen LogP) is -0.00470. The molecule has 0 radical (unpaired) electrons. The number of aromatic hydroxyl groups is 2. The molecule has 1 unspecified atom stereocenters. The van der Waals surface area contributed by atoms with Gasteiger partial charge in [0.25, 0.3) is 0 Å². The van der Waals surface area contributed by atoms with Gasteiger partial charge in [-0.05, 0) is 6.92 Å². The first-order chi connectivity index (χ1) is 7.41. The van der Waals surface area contributed by atoms with Crippen LogP contribution in [-0.4, -0.2) is 37.0 Å². The van der Waals surface area contributed by atoms with Gasteiger partial charge in [-0.3, -0.25) is 0 Å². The van der Waals surface area contributed by atoms with Gasteiger partial charge in [-0.25, -0.2) is 4.79 Å². The molecule has 0 aliphatic carbocycles. The van der Waals surface area contributed by atoms with E-state index in [1.54, 1.807) is 0 Å². The Hall–Kier alpha value is -1.60. The number of thiocarbonyl (C=S) groups is 1. The Kier molecular flexibility index (Phi) is 3.86. The first-order valence-electron chi connectivity index (χ1n) is 4.43. The standard InChI is InChI=1S/C9H11NO5S/c1-5(11)6(16)4-9(14)15-10-7(12)2-3-8(10)13/h2-3,5,11-13H,4H2,1H3. The summed E-state index contributed by atoms with van der Waals surface area (Å²) < 4.78 is 0.562. The molecule has 0 aliphatic rings. The molecule has 0 saturated carbocycles. The lowest BCUT2D eigenvalue weighted by molar-refractivity contribution is -0.144. The van der Waals surface area contributed by atoms with E-state index in [9.17, 15) is 4.79 Å². The van der Waals surface area contributed by atoms with Crippen molar-refractivity contribution in [3.63, 3.8) is 0 Å². The number of nitrogens with zero attached hydrogens (tertiary/aromatic N) is 1. The SMILES string of the molecule is CC(O)C(=S)CC(=O)On1c(O)ccc1O. The quantitative estimate of drug-likeness (QED) is 0.646. The van der Waals surface area contributed by atoms with Crippen molar-refractivity contribution in [3.8, 4) is 11.8 Å². The van der Waals surface area contributed by atoms with Gasteiger partial charge in [0, 0.05) is 17.0 Å². The van der Waals surface area contributed by atoms with E-state index in [1.807, 2.05) is 0 Å². The molecule has 0 spiro atoms. The van der Waals surface area contributed by atoms with Crippen LogP contribution in [0.5, 0.6) is 11.8 Å². The van der Waals surface area contributed by atoms with Crippen LogP contribution in [0.4, 0.5) is 0 Å². The highest BCUT2D eigenvalue weighted by molar-refractivity contribution is 7.80. The molecular formula is C9H11NO5S. The lowest BCUT2D eigenvalue weighted by Crippen LogP contribution is -2.25. The highest BCUT2D eigenvalue weighted by atomic mass is 32.1. The molecule has 3 N–H and O–H groups in total. The Morgan fingerprint density at radius 3 is 2.44 bits per heavy atom. The van der Waals surface area contributed by atoms with Gasteiger partial charge in [-0.2, -0.15) is 0 Å². The lowest BCUT2D eigenvalue weighted by Gasteiger charge is -2.08. The predicted molar refractivity (Wildman–Crippen MR) is 58.2 cm³/mol. The molecular weight excluding hydrogens is 234 g/mol. The van der Waals surface area contributed by atoms with Gasteiger partial charge in [0.05, 0.1) is 12.5 Å². The van der Waals surface area contributed by atoms with E-state index in [2.05, 4.69) is 4.84 Å². The minimum absolute atomic E-state index is 0.121. The summed E-state index contributed by atoms with van der Waals surface area (Å²) in [6.45, 7) is 1.43. The van der Waals surface area contributed by atoms with Crippen molar-refractivity contribution >= 4 is 23.1 Å². The Bertz CT molecular complexity index is 393. The average Bonchev–Trinajstić information content (AvgIpc) is 2.49. The van der Waals surface area contributed by atoms with Crippen LogP contribution in [0.2, 0.25) is 0 Å². The summed E-state index contributed by atoms with van der Waals surface area (Å²) in [6.07, 6.45) is -1.17. The molecule has 0 fully saturated rings. The van der Waals surface area contributed by atoms with Crippen molar-refractivity contribution in [1.82, 2.24) is 4.73 Å². The summed E-state index contributed by atoms with van der Waals surface area (Å²) in [6, 6.07) is 2.32. The van der Waals surface area contributed by atoms with Gasteiger partial charge in [-0.1, -0.05) is 12.2 Å². The minimum atomic E-state index is -0.894. The summed E-state index contributed by atoms with van der Waals surface area (Å²) in [5.74, 6) is -1.60. The topological polar surface area (TPSA) is 91.9 Å². The number of aliphatic hydroxyl groups is 1. The van der Waals surface area contributed by atoms with E-state index < -0.39 is 23.8 Å². The zero-order valence-electron chi connectivity index (χ0n) is 8.45. The summed E-state index contributed by atoms with van der Waals surface area (Å²) in [4.78, 5) is 16.0. The van der Waals surface area contributed by atoms with E-state index in [0.29, 0.717) is 4.73 Å². The highest BCUT2D eigenvalue weighted by Crippen LogP contribution is 2.18. The highest BCUT2D eigenvalue weighted by Gasteiger charge is 2.15. The number of aromatic nitrogens is 1. The molecule has 0 bridgehead atoms. The van der Waals surface area contributed by atoms with Crippen molar-refractivity contribution < 1.29 is 25.0 Å². The zero-order valence-corrected chi connectivity index (χ0v) is 9.27. The van der Waals surface area contributed by atoms with Crippen molar-refractivity contribution in [2.45, 2.75) is 19.4 Å². The van der Waals surface area contributed by atoms with Gasteiger partial charge in [0.1, 0.15) is 0 Å². The van der Waals surface area contributed by atoms with Crippen molar-refractivity contribution in [2.24, 2.45) is 0 Å². The van der Waals surface area contributed by atoms with Crippen LogP contribution < -0.4 is 4.84 Å². The Morgan fingerprint density at radius 2 is 2.00 bits per heavy atom. The molecule has 1 rings (SSSR count). The molecule has 16 heavy (non-hydrogen) atoms. The zero-order chi connectivity index (χ0) is 12.3. The number of aliphatic hydroxyl groups excluding tert-OH is 1. The van der Waals surface area contributed by atoms with Gasteiger partial charge in [0.2, 0.25) is 11.8 Å². The second kappa shape index (κ2) is 4.95. The number of rotatable bonds is 4. The molecule has 88 valence electrons. The molecule has 0 aliphatic heterocycles. The molecule has 6 nitrogen and oxygen atoms in total. The van der Waals surface area contributed by atoms with Crippen molar-refractivity contribution in [2.75, 3.05) is 0 Å². The average molecular weight is 245 g/mol.